The van der Waals surface area contributed by atoms with Gasteiger partial charge in [-0.05, 0) is 173 Å². The molecule has 0 bridgehead atoms. The molecule has 0 aliphatic rings. The van der Waals surface area contributed by atoms with Gasteiger partial charge in [0.1, 0.15) is 39.3 Å². The molecule has 0 aliphatic carbocycles. The predicted octanol–water partition coefficient (Wildman–Crippen LogP) is 34.0. The van der Waals surface area contributed by atoms with E-state index in [4.69, 9.17) is 63.1 Å². The molecule has 150 heavy (non-hydrogen) atoms. The van der Waals surface area contributed by atoms with Gasteiger partial charge in [-0.15, -0.1) is 0 Å². The van der Waals surface area contributed by atoms with Gasteiger partial charge >= 0.3 is 0 Å². The molecule has 702 valence electrons. The Labute approximate surface area is 858 Å². The van der Waals surface area contributed by atoms with Crippen molar-refractivity contribution in [2.75, 3.05) is 0 Å². The Morgan fingerprint density at radius 3 is 0.713 bits per heavy atom. The maximum Gasteiger partial charge on any atom is 0.165 e. The maximum atomic E-state index is 6.12. The van der Waals surface area contributed by atoms with E-state index in [0.717, 1.165) is 200 Å². The van der Waals surface area contributed by atoms with E-state index in [1.807, 2.05) is 237 Å². The van der Waals surface area contributed by atoms with Crippen LogP contribution in [0.25, 0.3) is 284 Å². The van der Waals surface area contributed by atoms with Gasteiger partial charge < -0.3 is 22.4 Å². The standard InChI is InChI=1S/2C45H28N4O.C44H27N5O/c1-3-12-29(13-4-1)43-46-44(30-14-5-2-6-15-30)48-45(47-43)33-16-11-17-34(26-33)49-39-20-9-7-18-35(39)36-24-22-32(28-40(36)49)31-23-25-42-38(27-31)37-19-8-10-21-41(37)50-42;1-3-11-29(12-4-1)43-46-44(30-13-5-2-6-14-30)48-45(47-43)31-19-23-34(24-20-31)49-39-17-9-7-15-35(39)36-25-21-33(28-40(36)49)32-22-26-42-38(27-32)37-16-8-10-18-41(37)50-42;1-3-11-28(12-4-1)42-46-43(29-13-5-2-6-14-29)48-44(47-42)32-21-24-41(45-27-32)49-37-17-9-7-15-33(37)34-22-19-31(26-38(34)49)30-20-23-40-36(25-30)35-16-8-10-18-39(35)50-40/h2*1-28H;1-27H. The summed E-state index contributed by atoms with van der Waals surface area (Å²) in [5.74, 6) is 6.47. The van der Waals surface area contributed by atoms with Gasteiger partial charge in [0, 0.05) is 132 Å². The zero-order chi connectivity index (χ0) is 99.1. The van der Waals surface area contributed by atoms with Crippen molar-refractivity contribution in [3.63, 3.8) is 0 Å². The van der Waals surface area contributed by atoms with Gasteiger partial charge in [0.05, 0.1) is 33.1 Å². The van der Waals surface area contributed by atoms with Crippen molar-refractivity contribution in [3.8, 4) is 153 Å². The molecular weight excluding hydrogens is 1840 g/mol. The van der Waals surface area contributed by atoms with E-state index in [2.05, 4.69) is 281 Å². The van der Waals surface area contributed by atoms with E-state index in [0.29, 0.717) is 52.4 Å². The summed E-state index contributed by atoms with van der Waals surface area (Å²) in [6.07, 6.45) is 1.86. The van der Waals surface area contributed by atoms with Crippen LogP contribution >= 0.6 is 0 Å². The van der Waals surface area contributed by atoms with Crippen LogP contribution in [-0.4, -0.2) is 63.5 Å². The van der Waals surface area contributed by atoms with E-state index in [-0.39, 0.29) is 0 Å². The van der Waals surface area contributed by atoms with E-state index in [9.17, 15) is 0 Å². The molecule has 16 heteroatoms. The largest absolute Gasteiger partial charge is 0.456 e. The highest BCUT2D eigenvalue weighted by molar-refractivity contribution is 6.15. The lowest BCUT2D eigenvalue weighted by molar-refractivity contribution is 0.668. The number of furan rings is 3. The summed E-state index contributed by atoms with van der Waals surface area (Å²) >= 11 is 0. The Morgan fingerprint density at radius 1 is 0.133 bits per heavy atom. The minimum absolute atomic E-state index is 0.573. The molecule has 0 unspecified atom stereocenters. The number of hydrogen-bond acceptors (Lipinski definition) is 13. The Hall–Kier alpha value is -20.6. The summed E-state index contributed by atoms with van der Waals surface area (Å²) in [6, 6.07) is 171. The highest BCUT2D eigenvalue weighted by Crippen LogP contribution is 2.45. The normalized spacial score (nSPS) is 11.6. The van der Waals surface area contributed by atoms with E-state index < -0.39 is 0 Å². The summed E-state index contributed by atoms with van der Waals surface area (Å²) in [5, 5.41) is 13.9. The minimum atomic E-state index is 0.573. The molecule has 0 saturated heterocycles. The zero-order valence-electron chi connectivity index (χ0n) is 80.5. The van der Waals surface area contributed by atoms with Gasteiger partial charge in [0.2, 0.25) is 0 Å². The van der Waals surface area contributed by atoms with Gasteiger partial charge in [0.15, 0.2) is 52.4 Å². The molecule has 0 atom stereocenters. The van der Waals surface area contributed by atoms with Crippen LogP contribution in [0.2, 0.25) is 0 Å². The third-order valence-corrected chi connectivity index (χ3v) is 28.2. The van der Waals surface area contributed by atoms with Gasteiger partial charge in [-0.3, -0.25) is 4.57 Å². The van der Waals surface area contributed by atoms with Crippen molar-refractivity contribution in [1.82, 2.24) is 63.5 Å². The first-order chi connectivity index (χ1) is 74.3. The van der Waals surface area contributed by atoms with E-state index in [1.165, 1.54) is 32.3 Å². The number of aromatic nitrogens is 13. The average molecular weight is 1920 g/mol. The average Bonchev–Trinajstić information content (AvgIpc) is 1.59. The first kappa shape index (κ1) is 87.2. The number of para-hydroxylation sites is 6. The second kappa shape index (κ2) is 37.0. The molecule has 30 aromatic rings. The highest BCUT2D eigenvalue weighted by Gasteiger charge is 2.25. The zero-order valence-corrected chi connectivity index (χ0v) is 80.5. The fourth-order valence-corrected chi connectivity index (χ4v) is 21.0. The smallest absolute Gasteiger partial charge is 0.165 e. The molecule has 10 aromatic heterocycles. The molecular formula is C134H83N13O3. The molecule has 0 fully saturated rings. The summed E-state index contributed by atoms with van der Waals surface area (Å²) < 4.78 is 25.3. The molecule has 16 nitrogen and oxygen atoms in total. The first-order valence-electron chi connectivity index (χ1n) is 49.9. The number of pyridine rings is 1. The van der Waals surface area contributed by atoms with Crippen LogP contribution in [-0.2, 0) is 0 Å². The van der Waals surface area contributed by atoms with Gasteiger partial charge in [-0.1, -0.05) is 358 Å². The van der Waals surface area contributed by atoms with Crippen molar-refractivity contribution in [1.29, 1.82) is 0 Å². The van der Waals surface area contributed by atoms with Crippen LogP contribution in [0.15, 0.2) is 517 Å². The highest BCUT2D eigenvalue weighted by atomic mass is 16.3. The molecule has 0 aliphatic heterocycles. The lowest BCUT2D eigenvalue weighted by Gasteiger charge is -2.12. The number of nitrogens with zero attached hydrogens (tertiary/aromatic N) is 13. The second-order valence-corrected chi connectivity index (χ2v) is 37.3. The van der Waals surface area contributed by atoms with Gasteiger partial charge in [-0.2, -0.15) is 0 Å². The van der Waals surface area contributed by atoms with Crippen LogP contribution < -0.4 is 0 Å². The molecule has 10 heterocycles. The summed E-state index contributed by atoms with van der Waals surface area (Å²) in [4.78, 5) is 49.3. The Bertz CT molecular complexity index is 9900. The molecule has 0 N–H and O–H groups in total. The maximum absolute atomic E-state index is 6.12. The van der Waals surface area contributed by atoms with Crippen LogP contribution in [0.4, 0.5) is 0 Å². The topological polar surface area (TPSA) is 183 Å². The SMILES string of the molecule is c1ccc(-c2nc(-c3ccccc3)nc(-c3ccc(-n4c5ccccc5c5ccc(-c6ccc7oc8ccccc8c7c6)cc54)cc3)n2)cc1.c1ccc(-c2nc(-c3ccccc3)nc(-c3ccc(-n4c5ccccc5c5ccc(-c6ccc7oc8ccccc8c7c6)cc54)nc3)n2)cc1.c1ccc(-c2nc(-c3ccccc3)nc(-c3cccc(-n4c5ccccc5c5ccc(-c6ccc7oc8ccccc8c7c6)cc54)c3)n2)cc1. The summed E-state index contributed by atoms with van der Waals surface area (Å²) in [5.41, 5.74) is 29.4. The summed E-state index contributed by atoms with van der Waals surface area (Å²) in [6.45, 7) is 0. The quantitative estimate of drug-likeness (QED) is 0.0946. The molecule has 0 spiro atoms. The number of hydrogen-bond donors (Lipinski definition) is 0. The third-order valence-electron chi connectivity index (χ3n) is 28.2. The molecule has 0 radical (unpaired) electrons. The fourth-order valence-electron chi connectivity index (χ4n) is 21.0. The van der Waals surface area contributed by atoms with Crippen molar-refractivity contribution in [3.05, 3.63) is 504 Å². The Balaban J connectivity index is 0.000000108. The van der Waals surface area contributed by atoms with E-state index in [1.54, 1.807) is 0 Å². The Morgan fingerprint density at radius 2 is 0.373 bits per heavy atom. The number of rotatable bonds is 15. The van der Waals surface area contributed by atoms with Crippen LogP contribution in [0.3, 0.4) is 0 Å². The third kappa shape index (κ3) is 15.9. The number of benzene rings is 20. The van der Waals surface area contributed by atoms with Crippen molar-refractivity contribution in [2.45, 2.75) is 0 Å². The molecule has 0 amide bonds. The van der Waals surface area contributed by atoms with E-state index >= 15 is 0 Å². The van der Waals surface area contributed by atoms with Crippen LogP contribution in [0.5, 0.6) is 0 Å². The lowest BCUT2D eigenvalue weighted by Crippen LogP contribution is -2.01. The van der Waals surface area contributed by atoms with Crippen molar-refractivity contribution < 1.29 is 13.3 Å². The van der Waals surface area contributed by atoms with Crippen molar-refractivity contribution in [2.24, 2.45) is 0 Å². The van der Waals surface area contributed by atoms with Gasteiger partial charge in [0.25, 0.3) is 0 Å². The molecule has 20 aromatic carbocycles. The van der Waals surface area contributed by atoms with Crippen molar-refractivity contribution >= 4 is 131 Å². The fraction of sp³-hybridized carbons (Fsp3) is 0. The molecule has 0 saturated carbocycles. The van der Waals surface area contributed by atoms with Gasteiger partial charge in [-0.25, -0.2) is 49.8 Å². The monoisotopic (exact) mass is 1920 g/mol. The lowest BCUT2D eigenvalue weighted by atomic mass is 10.0. The van der Waals surface area contributed by atoms with Crippen LogP contribution in [0, 0.1) is 0 Å². The van der Waals surface area contributed by atoms with Crippen LogP contribution in [0.1, 0.15) is 0 Å². The molecule has 30 rings (SSSR count). The second-order valence-electron chi connectivity index (χ2n) is 37.3. The predicted molar refractivity (Wildman–Crippen MR) is 607 cm³/mol. The minimum Gasteiger partial charge on any atom is -0.456 e. The Kier molecular flexibility index (Phi) is 21.5. The number of fused-ring (bicyclic) bond motifs is 18. The summed E-state index contributed by atoms with van der Waals surface area (Å²) in [7, 11) is 0. The first-order valence-corrected chi connectivity index (χ1v) is 49.9.